The lowest BCUT2D eigenvalue weighted by Gasteiger charge is -2.41. The Morgan fingerprint density at radius 2 is 1.63 bits per heavy atom. The molecule has 1 aliphatic rings. The van der Waals surface area contributed by atoms with Crippen molar-refractivity contribution in [2.24, 2.45) is 5.92 Å². The molecule has 0 radical (unpaired) electrons. The molecule has 0 aliphatic heterocycles. The van der Waals surface area contributed by atoms with Gasteiger partial charge in [0.1, 0.15) is 5.60 Å². The fraction of sp³-hybridized carbons (Fsp3) is 0.952. The minimum absolute atomic E-state index is 0.165. The van der Waals surface area contributed by atoms with Crippen molar-refractivity contribution in [1.29, 1.82) is 0 Å². The zero-order chi connectivity index (χ0) is 23.4. The fourth-order valence-corrected chi connectivity index (χ4v) is 5.50. The van der Waals surface area contributed by atoms with E-state index in [1.807, 2.05) is 0 Å². The van der Waals surface area contributed by atoms with Crippen LogP contribution in [-0.2, 0) is 19.3 Å². The largest absolute Gasteiger partial charge is 0.444 e. The normalized spacial score (nSPS) is 22.4. The first kappa shape index (κ1) is 27.4. The molecule has 1 fully saturated rings. The lowest BCUT2D eigenvalue weighted by molar-refractivity contribution is 0.0486. The van der Waals surface area contributed by atoms with E-state index < -0.39 is 30.1 Å². The average Bonchev–Trinajstić information content (AvgIpc) is 2.50. The maximum Gasteiger partial charge on any atom is 0.407 e. The van der Waals surface area contributed by atoms with Gasteiger partial charge < -0.3 is 14.5 Å². The molecular weight excluding hydrogens is 422 g/mol. The predicted octanol–water partition coefficient (Wildman–Crippen LogP) is 5.13. The number of nitrogens with one attached hydrogen (secondary N) is 1. The Labute approximate surface area is 184 Å². The lowest BCUT2D eigenvalue weighted by Crippen LogP contribution is -2.45. The van der Waals surface area contributed by atoms with E-state index in [0.29, 0.717) is 12.3 Å². The third kappa shape index (κ3) is 10.6. The Morgan fingerprint density at radius 1 is 1.10 bits per heavy atom. The molecule has 7 nitrogen and oxygen atoms in total. The molecule has 0 aromatic carbocycles. The molecule has 1 saturated carbocycles. The van der Waals surface area contributed by atoms with E-state index in [9.17, 15) is 13.2 Å². The van der Waals surface area contributed by atoms with E-state index >= 15 is 0 Å². The van der Waals surface area contributed by atoms with Crippen molar-refractivity contribution in [3.8, 4) is 0 Å². The summed E-state index contributed by atoms with van der Waals surface area (Å²) in [6.45, 7) is 16.6. The number of rotatable bonds is 8. The highest BCUT2D eigenvalue weighted by Crippen LogP contribution is 2.40. The smallest absolute Gasteiger partial charge is 0.407 e. The molecule has 30 heavy (non-hydrogen) atoms. The van der Waals surface area contributed by atoms with Gasteiger partial charge in [-0.15, -0.1) is 0 Å². The van der Waals surface area contributed by atoms with Gasteiger partial charge in [0.15, 0.2) is 8.32 Å². The molecule has 0 heterocycles. The van der Waals surface area contributed by atoms with Gasteiger partial charge in [-0.25, -0.2) is 4.79 Å². The van der Waals surface area contributed by atoms with Crippen LogP contribution in [0.4, 0.5) is 4.79 Å². The van der Waals surface area contributed by atoms with Crippen LogP contribution < -0.4 is 5.32 Å². The van der Waals surface area contributed by atoms with Crippen LogP contribution in [0.1, 0.15) is 80.1 Å². The van der Waals surface area contributed by atoms with Crippen molar-refractivity contribution in [2.45, 2.75) is 116 Å². The van der Waals surface area contributed by atoms with Gasteiger partial charge in [0.05, 0.1) is 5.75 Å². The van der Waals surface area contributed by atoms with E-state index in [0.717, 1.165) is 25.7 Å². The van der Waals surface area contributed by atoms with Crippen LogP contribution in [0.15, 0.2) is 0 Å². The van der Waals surface area contributed by atoms with Gasteiger partial charge in [-0.2, -0.15) is 8.42 Å². The number of alkyl carbamates (subject to hydrolysis) is 1. The lowest BCUT2D eigenvalue weighted by atomic mass is 9.83. The Kier molecular flexibility index (Phi) is 9.42. The number of amides is 1. The molecule has 1 atom stereocenters. The summed E-state index contributed by atoms with van der Waals surface area (Å²) < 4.78 is 43.4. The highest BCUT2D eigenvalue weighted by molar-refractivity contribution is 7.85. The second kappa shape index (κ2) is 10.3. The molecule has 0 aromatic heterocycles. The van der Waals surface area contributed by atoms with Gasteiger partial charge in [0.25, 0.3) is 10.1 Å². The van der Waals surface area contributed by atoms with Crippen LogP contribution >= 0.6 is 0 Å². The van der Waals surface area contributed by atoms with Crippen LogP contribution in [0.25, 0.3) is 0 Å². The van der Waals surface area contributed by atoms with Gasteiger partial charge >= 0.3 is 6.09 Å². The summed E-state index contributed by atoms with van der Waals surface area (Å²) in [6, 6.07) is -0.357. The topological polar surface area (TPSA) is 102 Å². The first-order chi connectivity index (χ1) is 13.4. The van der Waals surface area contributed by atoms with Crippen LogP contribution in [-0.4, -0.2) is 50.9 Å². The summed E-state index contributed by atoms with van der Waals surface area (Å²) in [5, 5.41) is 2.98. The minimum Gasteiger partial charge on any atom is -0.444 e. The maximum absolute atomic E-state index is 12.2. The molecule has 1 unspecified atom stereocenters. The molecule has 1 amide bonds. The van der Waals surface area contributed by atoms with Crippen molar-refractivity contribution in [1.82, 2.24) is 5.32 Å². The van der Waals surface area contributed by atoms with E-state index in [4.69, 9.17) is 13.7 Å². The maximum atomic E-state index is 12.2. The molecule has 2 N–H and O–H groups in total. The predicted molar refractivity (Wildman–Crippen MR) is 123 cm³/mol. The van der Waals surface area contributed by atoms with Gasteiger partial charge in [0.2, 0.25) is 0 Å². The molecule has 1 rings (SSSR count). The molecule has 0 aromatic rings. The molecule has 0 spiro atoms. The fourth-order valence-electron chi connectivity index (χ4n) is 3.50. The van der Waals surface area contributed by atoms with Crippen molar-refractivity contribution >= 4 is 24.5 Å². The Bertz CT molecular complexity index is 658. The molecule has 0 saturated heterocycles. The van der Waals surface area contributed by atoms with Crippen molar-refractivity contribution in [3.05, 3.63) is 0 Å². The van der Waals surface area contributed by atoms with Crippen LogP contribution in [0, 0.1) is 5.92 Å². The number of carbonyl (C=O) groups is 1. The van der Waals surface area contributed by atoms with Crippen LogP contribution in [0.3, 0.4) is 0 Å². The number of hydrogen-bond acceptors (Lipinski definition) is 5. The summed E-state index contributed by atoms with van der Waals surface area (Å²) in [6.07, 6.45) is 4.48. The molecule has 178 valence electrons. The second-order valence-corrected chi connectivity index (χ2v) is 17.5. The van der Waals surface area contributed by atoms with E-state index in [1.165, 1.54) is 0 Å². The Hall–Kier alpha value is -0.643. The number of carbonyl (C=O) groups excluding carboxylic acids is 1. The van der Waals surface area contributed by atoms with Gasteiger partial charge in [0, 0.05) is 12.1 Å². The number of ether oxygens (including phenoxy) is 1. The van der Waals surface area contributed by atoms with Crippen molar-refractivity contribution in [3.63, 3.8) is 0 Å². The summed E-state index contributed by atoms with van der Waals surface area (Å²) in [4.78, 5) is 12.2. The highest BCUT2D eigenvalue weighted by Gasteiger charge is 2.40. The zero-order valence-electron chi connectivity index (χ0n) is 20.1. The summed E-state index contributed by atoms with van der Waals surface area (Å²) >= 11 is 0. The monoisotopic (exact) mass is 465 g/mol. The summed E-state index contributed by atoms with van der Waals surface area (Å²) in [5.74, 6) is 0.00250. The Balaban J connectivity index is 2.64. The third-order valence-corrected chi connectivity index (χ3v) is 11.4. The van der Waals surface area contributed by atoms with Crippen LogP contribution in [0.5, 0.6) is 0 Å². The Morgan fingerprint density at radius 3 is 2.07 bits per heavy atom. The summed E-state index contributed by atoms with van der Waals surface area (Å²) in [5.41, 5.74) is -0.628. The van der Waals surface area contributed by atoms with Gasteiger partial charge in [-0.1, -0.05) is 20.8 Å². The molecule has 9 heteroatoms. The first-order valence-electron chi connectivity index (χ1n) is 11.0. The third-order valence-electron chi connectivity index (χ3n) is 6.12. The SMILES string of the molecule is CC(C)(C)OC(=O)NC(CCS(=O)(=O)O)CC1CCC(O[Si](C)(C)C(C)(C)C)CC1. The van der Waals surface area contributed by atoms with E-state index in [-0.39, 0.29) is 29.4 Å². The zero-order valence-corrected chi connectivity index (χ0v) is 21.9. The van der Waals surface area contributed by atoms with Crippen molar-refractivity contribution < 1.29 is 26.9 Å². The van der Waals surface area contributed by atoms with Crippen molar-refractivity contribution in [2.75, 3.05) is 5.75 Å². The molecular formula is C21H43NO6SSi. The second-order valence-electron chi connectivity index (χ2n) is 11.2. The van der Waals surface area contributed by atoms with Crippen LogP contribution in [0.2, 0.25) is 18.1 Å². The average molecular weight is 466 g/mol. The van der Waals surface area contributed by atoms with Gasteiger partial charge in [-0.3, -0.25) is 4.55 Å². The summed E-state index contributed by atoms with van der Waals surface area (Å²) in [7, 11) is -5.87. The number of hydrogen-bond donors (Lipinski definition) is 2. The molecule has 1 aliphatic carbocycles. The standard InChI is InChI=1S/C21H43NO6SSi/c1-20(2,3)27-19(23)22-17(13-14-29(24,25)26)15-16-9-11-18(12-10-16)28-30(7,8)21(4,5)6/h16-18H,9-15H2,1-8H3,(H,22,23)(H,24,25,26). The quantitative estimate of drug-likeness (QED) is 0.381. The minimum atomic E-state index is -4.08. The van der Waals surface area contributed by atoms with E-state index in [2.05, 4.69) is 39.2 Å². The first-order valence-corrected chi connectivity index (χ1v) is 15.5. The highest BCUT2D eigenvalue weighted by atomic mass is 32.2. The molecule has 0 bridgehead atoms. The van der Waals surface area contributed by atoms with E-state index in [1.54, 1.807) is 20.8 Å². The van der Waals surface area contributed by atoms with Gasteiger partial charge in [-0.05, 0) is 83.3 Å².